The van der Waals surface area contributed by atoms with Crippen molar-refractivity contribution in [2.75, 3.05) is 13.6 Å². The Morgan fingerprint density at radius 1 is 0.915 bits per heavy atom. The second-order valence-corrected chi connectivity index (χ2v) is 13.0. The van der Waals surface area contributed by atoms with Crippen molar-refractivity contribution in [2.24, 2.45) is 5.92 Å². The Labute approximate surface area is 268 Å². The van der Waals surface area contributed by atoms with Gasteiger partial charge in [-0.15, -0.1) is 0 Å². The maximum atomic E-state index is 13.2. The van der Waals surface area contributed by atoms with Crippen LogP contribution in [0.5, 0.6) is 11.5 Å². The van der Waals surface area contributed by atoms with E-state index in [0.717, 1.165) is 5.56 Å². The molecule has 0 aromatic heterocycles. The highest BCUT2D eigenvalue weighted by Crippen LogP contribution is 2.68. The summed E-state index contributed by atoms with van der Waals surface area (Å²) in [6.07, 6.45) is -13.5. The third kappa shape index (κ3) is 5.10. The smallest absolute Gasteiger partial charge is 0.343 e. The van der Waals surface area contributed by atoms with E-state index in [1.54, 1.807) is 19.1 Å². The molecule has 0 amide bonds. The highest BCUT2D eigenvalue weighted by atomic mass is 16.6. The molecule has 1 spiro atoms. The lowest BCUT2D eigenvalue weighted by atomic mass is 9.47. The fourth-order valence-corrected chi connectivity index (χ4v) is 7.69. The molecule has 0 radical (unpaired) electrons. The number of aliphatic hydroxyl groups is 8. The number of aldehydes is 2. The van der Waals surface area contributed by atoms with Crippen molar-refractivity contribution in [3.05, 3.63) is 35.4 Å². The van der Waals surface area contributed by atoms with Crippen LogP contribution in [0, 0.1) is 5.92 Å². The van der Waals surface area contributed by atoms with Gasteiger partial charge >= 0.3 is 11.9 Å². The predicted molar refractivity (Wildman–Crippen MR) is 155 cm³/mol. The summed E-state index contributed by atoms with van der Waals surface area (Å²) in [5.74, 6) is -3.14. The normalized spacial score (nSPS) is 33.9. The molecule has 1 aromatic rings. The largest absolute Gasteiger partial charge is 0.478 e. The molecule has 16 nitrogen and oxygen atoms in total. The van der Waals surface area contributed by atoms with Gasteiger partial charge in [0, 0.05) is 17.5 Å². The van der Waals surface area contributed by atoms with Gasteiger partial charge in [-0.1, -0.05) is 12.1 Å². The predicted octanol–water partition coefficient (Wildman–Crippen LogP) is -3.99. The number of carbonyl (C=O) groups is 4. The van der Waals surface area contributed by atoms with Crippen LogP contribution in [0.1, 0.15) is 31.4 Å². The quantitative estimate of drug-likeness (QED) is 0.0458. The van der Waals surface area contributed by atoms with Crippen LogP contribution in [0.15, 0.2) is 24.3 Å². The van der Waals surface area contributed by atoms with E-state index in [9.17, 15) is 60.0 Å². The van der Waals surface area contributed by atoms with E-state index in [4.69, 9.17) is 14.2 Å². The number of likely N-dealkylation sites (N-methyl/N-ethyl adjacent to an activating group) is 1. The Bertz CT molecular complexity index is 1470. The third-order valence-electron chi connectivity index (χ3n) is 10.5. The lowest BCUT2D eigenvalue weighted by molar-refractivity contribution is -0.207. The number of aliphatic hydroxyl groups excluding tert-OH is 8. The molecular weight excluding hydrogens is 626 g/mol. The first-order valence-corrected chi connectivity index (χ1v) is 15.0. The number of esters is 2. The SMILES string of the molecule is CN1CC[C@]23c4c5ccc(OC(=O)[C@@H](O)[C@@H](O)[C@H](O)[C@@H](O)C=O)c4O[C@@]2(C)[C@@](C)(OC(=O)[C@@H](O)[C@@H](O)[C@H](O)[C@@H](O)C=O)C=C[C@H]3[C@H]1C5. The topological polar surface area (TPSA) is 261 Å². The molecule has 1 fully saturated rings. The summed E-state index contributed by atoms with van der Waals surface area (Å²) in [4.78, 5) is 50.1. The van der Waals surface area contributed by atoms with Crippen molar-refractivity contribution in [2.45, 2.75) is 98.2 Å². The zero-order valence-corrected chi connectivity index (χ0v) is 25.7. The molecule has 1 aromatic carbocycles. The van der Waals surface area contributed by atoms with Crippen molar-refractivity contribution in [1.29, 1.82) is 0 Å². The first-order valence-electron chi connectivity index (χ1n) is 15.0. The molecule has 5 rings (SSSR count). The van der Waals surface area contributed by atoms with E-state index in [2.05, 4.69) is 4.90 Å². The van der Waals surface area contributed by atoms with Crippen LogP contribution < -0.4 is 9.47 Å². The lowest BCUT2D eigenvalue weighted by Gasteiger charge is -2.62. The number of benzene rings is 1. The summed E-state index contributed by atoms with van der Waals surface area (Å²) < 4.78 is 17.9. The van der Waals surface area contributed by atoms with E-state index < -0.39 is 77.4 Å². The average molecular weight is 666 g/mol. The van der Waals surface area contributed by atoms with Crippen LogP contribution in [-0.2, 0) is 35.8 Å². The second kappa shape index (κ2) is 12.3. The number of piperidine rings is 1. The minimum Gasteiger partial charge on any atom is -0.478 e. The van der Waals surface area contributed by atoms with Crippen LogP contribution in [-0.4, -0.2) is 150 Å². The van der Waals surface area contributed by atoms with Crippen molar-refractivity contribution in [3.63, 3.8) is 0 Å². The highest BCUT2D eigenvalue weighted by molar-refractivity contribution is 5.80. The van der Waals surface area contributed by atoms with E-state index in [1.807, 2.05) is 13.1 Å². The summed E-state index contributed by atoms with van der Waals surface area (Å²) in [7, 11) is 1.98. The van der Waals surface area contributed by atoms with Crippen molar-refractivity contribution < 1.29 is 74.2 Å². The van der Waals surface area contributed by atoms with Gasteiger partial charge < -0.3 is 69.6 Å². The maximum absolute atomic E-state index is 13.2. The Balaban J connectivity index is 1.53. The van der Waals surface area contributed by atoms with Crippen LogP contribution in [0.4, 0.5) is 0 Å². The number of ether oxygens (including phenoxy) is 3. The van der Waals surface area contributed by atoms with E-state index >= 15 is 0 Å². The Morgan fingerprint density at radius 2 is 1.49 bits per heavy atom. The van der Waals surface area contributed by atoms with Gasteiger partial charge in [0.1, 0.15) is 36.6 Å². The van der Waals surface area contributed by atoms with Crippen molar-refractivity contribution in [3.8, 4) is 11.5 Å². The van der Waals surface area contributed by atoms with Crippen LogP contribution in [0.25, 0.3) is 0 Å². The van der Waals surface area contributed by atoms with Crippen molar-refractivity contribution >= 4 is 24.5 Å². The number of nitrogens with zero attached hydrogens (tertiary/aromatic N) is 1. The fourth-order valence-electron chi connectivity index (χ4n) is 7.69. The Hall–Kier alpha value is -3.32. The summed E-state index contributed by atoms with van der Waals surface area (Å²) in [6.45, 7) is 3.78. The van der Waals surface area contributed by atoms with Gasteiger partial charge in [0.25, 0.3) is 0 Å². The zero-order chi connectivity index (χ0) is 34.8. The van der Waals surface area contributed by atoms with Gasteiger partial charge in [0.15, 0.2) is 47.5 Å². The van der Waals surface area contributed by atoms with Gasteiger partial charge in [0.2, 0.25) is 0 Å². The number of rotatable bonds is 12. The molecule has 2 aliphatic heterocycles. The van der Waals surface area contributed by atoms with E-state index in [-0.39, 0.29) is 36.0 Å². The summed E-state index contributed by atoms with van der Waals surface area (Å²) in [5.41, 5.74) is -2.58. The maximum Gasteiger partial charge on any atom is 0.343 e. The van der Waals surface area contributed by atoms with Crippen LogP contribution in [0.3, 0.4) is 0 Å². The molecule has 47 heavy (non-hydrogen) atoms. The molecule has 1 saturated heterocycles. The number of hydrogen-bond acceptors (Lipinski definition) is 16. The highest BCUT2D eigenvalue weighted by Gasteiger charge is 2.74. The molecule has 13 atom stereocenters. The summed E-state index contributed by atoms with van der Waals surface area (Å²) >= 11 is 0. The summed E-state index contributed by atoms with van der Waals surface area (Å²) in [5, 5.41) is 80.4. The molecule has 258 valence electrons. The Kier molecular flexibility index (Phi) is 9.15. The molecular formula is C31H39NO15. The van der Waals surface area contributed by atoms with Gasteiger partial charge in [-0.2, -0.15) is 0 Å². The molecule has 2 heterocycles. The zero-order valence-electron chi connectivity index (χ0n) is 25.7. The molecule has 0 saturated carbocycles. The van der Waals surface area contributed by atoms with Crippen molar-refractivity contribution in [1.82, 2.24) is 4.90 Å². The van der Waals surface area contributed by atoms with Crippen LogP contribution in [0.2, 0.25) is 0 Å². The van der Waals surface area contributed by atoms with Crippen LogP contribution >= 0.6 is 0 Å². The number of hydrogen-bond donors (Lipinski definition) is 8. The average Bonchev–Trinajstić information content (AvgIpc) is 3.34. The molecule has 8 N–H and O–H groups in total. The molecule has 2 aliphatic carbocycles. The monoisotopic (exact) mass is 665 g/mol. The van der Waals surface area contributed by atoms with Gasteiger partial charge in [0.05, 0.1) is 5.41 Å². The number of likely N-dealkylation sites (tertiary alicyclic amines) is 1. The first-order chi connectivity index (χ1) is 22.0. The molecule has 2 bridgehead atoms. The molecule has 16 heteroatoms. The lowest BCUT2D eigenvalue weighted by Crippen LogP contribution is -2.74. The van der Waals surface area contributed by atoms with Gasteiger partial charge in [-0.25, -0.2) is 9.59 Å². The minimum absolute atomic E-state index is 0.0230. The first kappa shape index (κ1) is 35.0. The van der Waals surface area contributed by atoms with E-state index in [1.165, 1.54) is 13.0 Å². The third-order valence-corrected chi connectivity index (χ3v) is 10.5. The second-order valence-electron chi connectivity index (χ2n) is 13.0. The van der Waals surface area contributed by atoms with Gasteiger partial charge in [-0.3, -0.25) is 0 Å². The van der Waals surface area contributed by atoms with Gasteiger partial charge in [-0.05, 0) is 58.0 Å². The fraction of sp³-hybridized carbons (Fsp3) is 0.613. The minimum atomic E-state index is -2.38. The Morgan fingerprint density at radius 3 is 2.06 bits per heavy atom. The standard InChI is InChI=1S/C31H39NO15/c1-29(47-28(44)25(42)23(40)21(38)17(36)12-34)7-6-14-15-10-13-4-5-18(45-27(43)24(41)22(39)20(37)16(35)11-33)26-19(13)31(14,8-9-32(15)3)30(29,2)46-26/h4-7,11-12,14-17,20-25,35-42H,8-10H2,1-3H3/t14-,15+,16-,17-,20+,21+,22-,23-,24-,25-,29-,30-,31-/m0/s1. The summed E-state index contributed by atoms with van der Waals surface area (Å²) in [6, 6.07) is 3.12. The van der Waals surface area contributed by atoms with E-state index in [0.29, 0.717) is 24.9 Å². The number of carbonyl (C=O) groups excluding carboxylic acids is 4. The molecule has 4 aliphatic rings. The molecule has 0 unspecified atom stereocenters.